The molecule has 188 valence electrons. The Morgan fingerprint density at radius 1 is 1.14 bits per heavy atom. The number of ketones is 1. The van der Waals surface area contributed by atoms with Gasteiger partial charge in [0.15, 0.2) is 0 Å². The van der Waals surface area contributed by atoms with E-state index in [0.717, 1.165) is 43.5 Å². The molecule has 1 saturated heterocycles. The van der Waals surface area contributed by atoms with Gasteiger partial charge in [0.1, 0.15) is 22.5 Å². The second-order valence-corrected chi connectivity index (χ2v) is 10.4. The molecule has 1 saturated carbocycles. The maximum atomic E-state index is 13.8. The van der Waals surface area contributed by atoms with E-state index in [1.807, 2.05) is 4.90 Å². The van der Waals surface area contributed by atoms with Gasteiger partial charge in [0.2, 0.25) is 17.6 Å². The number of rotatable bonds is 8. The van der Waals surface area contributed by atoms with E-state index in [1.54, 1.807) is 31.5 Å². The molecule has 2 aliphatic rings. The summed E-state index contributed by atoms with van der Waals surface area (Å²) in [7, 11) is 1.73. The van der Waals surface area contributed by atoms with E-state index < -0.39 is 6.04 Å². The Balaban J connectivity index is 1.53. The highest BCUT2D eigenvalue weighted by molar-refractivity contribution is 7.10. The van der Waals surface area contributed by atoms with Gasteiger partial charge < -0.3 is 20.6 Å². The highest BCUT2D eigenvalue weighted by atomic mass is 32.1. The standard InChI is InChI=1S/C26H34N4O4S/c1-16(27-2)24(33)29-22(17-8-4-3-5-9-17)26(34)30-13-7-12-21(30)25-28-20(15-35-25)23(32)18-10-6-11-19(31)14-18/h6,10-11,14-17,21-22,27,31H,3-5,7-9,12-13H2,1-2H3,(H,29,33)/t16-,21-,22-/m0/s1. The molecule has 35 heavy (non-hydrogen) atoms. The SMILES string of the molecule is CN[C@@H](C)C(=O)N[C@H](C(=O)N1CCC[C@H]1c1nc(C(=O)c2cccc(O)c2)cs1)C1CCCCC1. The quantitative estimate of drug-likeness (QED) is 0.481. The molecule has 0 bridgehead atoms. The third-order valence-electron chi connectivity index (χ3n) is 7.20. The summed E-state index contributed by atoms with van der Waals surface area (Å²) in [5.41, 5.74) is 0.690. The molecule has 1 aromatic carbocycles. The molecule has 1 aromatic heterocycles. The first-order valence-corrected chi connectivity index (χ1v) is 13.3. The van der Waals surface area contributed by atoms with Crippen molar-refractivity contribution >= 4 is 28.9 Å². The van der Waals surface area contributed by atoms with Crippen LogP contribution in [-0.4, -0.2) is 58.3 Å². The lowest BCUT2D eigenvalue weighted by Crippen LogP contribution is -2.55. The minimum Gasteiger partial charge on any atom is -0.508 e. The van der Waals surface area contributed by atoms with Crippen molar-refractivity contribution in [3.8, 4) is 5.75 Å². The molecule has 2 aromatic rings. The van der Waals surface area contributed by atoms with E-state index in [0.29, 0.717) is 17.8 Å². The van der Waals surface area contributed by atoms with Crippen molar-refractivity contribution in [2.45, 2.75) is 70.0 Å². The number of thiazole rings is 1. The zero-order chi connectivity index (χ0) is 24.9. The number of nitrogens with zero attached hydrogens (tertiary/aromatic N) is 2. The van der Waals surface area contributed by atoms with Crippen LogP contribution in [0.15, 0.2) is 29.6 Å². The van der Waals surface area contributed by atoms with E-state index >= 15 is 0 Å². The van der Waals surface area contributed by atoms with Crippen LogP contribution in [0.3, 0.4) is 0 Å². The maximum absolute atomic E-state index is 13.8. The number of amides is 2. The van der Waals surface area contributed by atoms with Gasteiger partial charge in [-0.05, 0) is 57.7 Å². The van der Waals surface area contributed by atoms with Crippen LogP contribution in [0.5, 0.6) is 5.75 Å². The van der Waals surface area contributed by atoms with Gasteiger partial charge in [-0.2, -0.15) is 0 Å². The van der Waals surface area contributed by atoms with Crippen LogP contribution in [0.2, 0.25) is 0 Å². The first-order valence-electron chi connectivity index (χ1n) is 12.5. The third-order valence-corrected chi connectivity index (χ3v) is 8.14. The van der Waals surface area contributed by atoms with E-state index in [1.165, 1.54) is 29.9 Å². The van der Waals surface area contributed by atoms with Crippen molar-refractivity contribution < 1.29 is 19.5 Å². The first kappa shape index (κ1) is 25.3. The molecule has 0 unspecified atom stereocenters. The summed E-state index contributed by atoms with van der Waals surface area (Å²) < 4.78 is 0. The number of carbonyl (C=O) groups excluding carboxylic acids is 3. The molecule has 1 aliphatic heterocycles. The van der Waals surface area contributed by atoms with Crippen LogP contribution >= 0.6 is 11.3 Å². The van der Waals surface area contributed by atoms with E-state index in [2.05, 4.69) is 15.6 Å². The van der Waals surface area contributed by atoms with Gasteiger partial charge in [0.25, 0.3) is 0 Å². The molecule has 2 amide bonds. The number of phenolic OH excluding ortho intramolecular Hbond substituents is 1. The lowest BCUT2D eigenvalue weighted by molar-refractivity contribution is -0.139. The number of nitrogens with one attached hydrogen (secondary N) is 2. The van der Waals surface area contributed by atoms with Crippen LogP contribution in [0.25, 0.3) is 0 Å². The number of carbonyl (C=O) groups is 3. The number of hydrogen-bond acceptors (Lipinski definition) is 7. The number of aromatic nitrogens is 1. The highest BCUT2D eigenvalue weighted by Crippen LogP contribution is 2.36. The molecule has 3 atom stereocenters. The average Bonchev–Trinajstić information content (AvgIpc) is 3.56. The molecule has 2 heterocycles. The van der Waals surface area contributed by atoms with Crippen molar-refractivity contribution in [1.29, 1.82) is 0 Å². The number of hydrogen-bond donors (Lipinski definition) is 3. The van der Waals surface area contributed by atoms with Gasteiger partial charge in [-0.1, -0.05) is 31.4 Å². The Morgan fingerprint density at radius 3 is 2.63 bits per heavy atom. The minimum absolute atomic E-state index is 0.0299. The number of aromatic hydroxyl groups is 1. The summed E-state index contributed by atoms with van der Waals surface area (Å²) >= 11 is 1.38. The molecule has 4 rings (SSSR count). The summed E-state index contributed by atoms with van der Waals surface area (Å²) in [6.07, 6.45) is 6.80. The van der Waals surface area contributed by atoms with Crippen molar-refractivity contribution in [3.63, 3.8) is 0 Å². The molecule has 9 heteroatoms. The largest absolute Gasteiger partial charge is 0.508 e. The lowest BCUT2D eigenvalue weighted by atomic mass is 9.83. The Labute approximate surface area is 210 Å². The van der Waals surface area contributed by atoms with Crippen LogP contribution in [-0.2, 0) is 9.59 Å². The lowest BCUT2D eigenvalue weighted by Gasteiger charge is -2.35. The predicted molar refractivity (Wildman–Crippen MR) is 134 cm³/mol. The fourth-order valence-electron chi connectivity index (χ4n) is 5.06. The van der Waals surface area contributed by atoms with Gasteiger partial charge in [0, 0.05) is 17.5 Å². The van der Waals surface area contributed by atoms with Crippen molar-refractivity contribution in [2.24, 2.45) is 5.92 Å². The fraction of sp³-hybridized carbons (Fsp3) is 0.538. The number of likely N-dealkylation sites (tertiary alicyclic amines) is 1. The summed E-state index contributed by atoms with van der Waals surface area (Å²) in [5, 5.41) is 18.2. The Bertz CT molecular complexity index is 1070. The molecular formula is C26H34N4O4S. The first-order chi connectivity index (χ1) is 16.9. The van der Waals surface area contributed by atoms with Crippen LogP contribution in [0, 0.1) is 5.92 Å². The molecule has 3 N–H and O–H groups in total. The summed E-state index contributed by atoms with van der Waals surface area (Å²) in [5.74, 6) is -0.313. The molecular weight excluding hydrogens is 464 g/mol. The molecule has 1 aliphatic carbocycles. The van der Waals surface area contributed by atoms with Crippen molar-refractivity contribution in [2.75, 3.05) is 13.6 Å². The minimum atomic E-state index is -0.549. The zero-order valence-electron chi connectivity index (χ0n) is 20.3. The van der Waals surface area contributed by atoms with Crippen molar-refractivity contribution in [3.05, 3.63) is 45.9 Å². The second kappa shape index (κ2) is 11.3. The van der Waals surface area contributed by atoms with Gasteiger partial charge in [0.05, 0.1) is 12.1 Å². The second-order valence-electron chi connectivity index (χ2n) is 9.53. The maximum Gasteiger partial charge on any atom is 0.246 e. The summed E-state index contributed by atoms with van der Waals surface area (Å²) in [4.78, 5) is 45.9. The molecule has 0 radical (unpaired) electrons. The topological polar surface area (TPSA) is 112 Å². The fourth-order valence-corrected chi connectivity index (χ4v) is 6.01. The Hall–Kier alpha value is -2.78. The van der Waals surface area contributed by atoms with Gasteiger partial charge in [-0.25, -0.2) is 4.98 Å². The normalized spacial score (nSPS) is 20.4. The number of likely N-dealkylation sites (N-methyl/N-ethyl adjacent to an activating group) is 1. The van der Waals surface area contributed by atoms with Crippen LogP contribution in [0.4, 0.5) is 0 Å². The van der Waals surface area contributed by atoms with Gasteiger partial charge >= 0.3 is 0 Å². The van der Waals surface area contributed by atoms with E-state index in [4.69, 9.17) is 0 Å². The number of phenols is 1. The monoisotopic (exact) mass is 498 g/mol. The smallest absolute Gasteiger partial charge is 0.246 e. The van der Waals surface area contributed by atoms with E-state index in [-0.39, 0.29) is 41.3 Å². The van der Waals surface area contributed by atoms with Gasteiger partial charge in [-0.3, -0.25) is 14.4 Å². The third kappa shape index (κ3) is 5.73. The van der Waals surface area contributed by atoms with Crippen LogP contribution < -0.4 is 10.6 Å². The zero-order valence-corrected chi connectivity index (χ0v) is 21.1. The van der Waals surface area contributed by atoms with E-state index in [9.17, 15) is 19.5 Å². The van der Waals surface area contributed by atoms with Gasteiger partial charge in [-0.15, -0.1) is 11.3 Å². The Morgan fingerprint density at radius 2 is 1.91 bits per heavy atom. The molecule has 0 spiro atoms. The average molecular weight is 499 g/mol. The predicted octanol–water partition coefficient (Wildman–Crippen LogP) is 3.42. The number of benzene rings is 1. The van der Waals surface area contributed by atoms with Crippen molar-refractivity contribution in [1.82, 2.24) is 20.5 Å². The molecule has 2 fully saturated rings. The Kier molecular flexibility index (Phi) is 8.18. The highest BCUT2D eigenvalue weighted by Gasteiger charge is 2.40. The summed E-state index contributed by atoms with van der Waals surface area (Å²) in [6.45, 7) is 2.40. The molecule has 8 nitrogen and oxygen atoms in total. The van der Waals surface area contributed by atoms with Crippen LogP contribution in [0.1, 0.15) is 79.0 Å². The summed E-state index contributed by atoms with van der Waals surface area (Å²) in [6, 6.07) is 5.09.